The van der Waals surface area contributed by atoms with Crippen molar-refractivity contribution in [1.29, 1.82) is 0 Å². The molecule has 2 saturated carbocycles. The molecule has 4 rings (SSSR count). The number of aromatic amines is 1. The lowest BCUT2D eigenvalue weighted by Gasteiger charge is -2.26. The number of aliphatic hydroxyl groups is 1. The van der Waals surface area contributed by atoms with Gasteiger partial charge in [0.05, 0.1) is 5.39 Å². The number of anilines is 1. The predicted octanol–water partition coefficient (Wildman–Crippen LogP) is 4.38. The zero-order valence-corrected chi connectivity index (χ0v) is 19.1. The van der Waals surface area contributed by atoms with Gasteiger partial charge in [-0.1, -0.05) is 38.5 Å². The Morgan fingerprint density at radius 3 is 2.30 bits per heavy atom. The first kappa shape index (κ1) is 24.6. The van der Waals surface area contributed by atoms with E-state index < -0.39 is 0 Å². The molecular formula is C23H42N6O. The average molecular weight is 419 g/mol. The van der Waals surface area contributed by atoms with Gasteiger partial charge in [0.25, 0.3) is 0 Å². The van der Waals surface area contributed by atoms with E-state index in [1.807, 2.05) is 19.3 Å². The van der Waals surface area contributed by atoms with Crippen LogP contribution in [0.1, 0.15) is 78.1 Å². The Morgan fingerprint density at radius 2 is 1.67 bits per heavy atom. The summed E-state index contributed by atoms with van der Waals surface area (Å²) < 4.78 is 0. The minimum atomic E-state index is -0.167. The zero-order valence-electron chi connectivity index (χ0n) is 19.1. The molecule has 0 aliphatic heterocycles. The molecule has 0 spiro atoms. The van der Waals surface area contributed by atoms with Crippen molar-refractivity contribution in [2.45, 2.75) is 90.2 Å². The Labute approximate surface area is 181 Å². The molecule has 0 bridgehead atoms. The van der Waals surface area contributed by atoms with Crippen molar-refractivity contribution >= 4 is 16.9 Å². The second-order valence-electron chi connectivity index (χ2n) is 8.67. The highest BCUT2D eigenvalue weighted by atomic mass is 16.3. The summed E-state index contributed by atoms with van der Waals surface area (Å²) in [5, 5.41) is 12.1. The van der Waals surface area contributed by atoms with E-state index in [0.29, 0.717) is 0 Å². The molecule has 2 fully saturated rings. The lowest BCUT2D eigenvalue weighted by Crippen LogP contribution is -2.44. The summed E-state index contributed by atoms with van der Waals surface area (Å²) in [6.07, 6.45) is 17.5. The number of aromatic nitrogens is 3. The number of rotatable bonds is 5. The first-order chi connectivity index (χ1) is 14.6. The number of aliphatic hydroxyl groups excluding tert-OH is 1. The Bertz CT molecular complexity index is 656. The van der Waals surface area contributed by atoms with Gasteiger partial charge in [0.1, 0.15) is 17.8 Å². The van der Waals surface area contributed by atoms with E-state index in [2.05, 4.69) is 31.1 Å². The van der Waals surface area contributed by atoms with Crippen LogP contribution in [0, 0.1) is 5.92 Å². The SMILES string of the molecule is C1CCC(CNNC2CCCCC2)CC1.CC(C)O.CNc1ncnc2[nH]ccc12. The van der Waals surface area contributed by atoms with E-state index in [1.165, 1.54) is 77.1 Å². The molecule has 0 amide bonds. The minimum absolute atomic E-state index is 0.167. The molecule has 2 aromatic heterocycles. The number of H-pyrrole nitrogens is 1. The Balaban J connectivity index is 0.000000187. The van der Waals surface area contributed by atoms with Crippen LogP contribution in [0.3, 0.4) is 0 Å². The normalized spacial score (nSPS) is 17.8. The van der Waals surface area contributed by atoms with Gasteiger partial charge < -0.3 is 15.4 Å². The van der Waals surface area contributed by atoms with E-state index in [-0.39, 0.29) is 6.10 Å². The largest absolute Gasteiger partial charge is 0.394 e. The summed E-state index contributed by atoms with van der Waals surface area (Å²) in [6, 6.07) is 2.70. The fourth-order valence-electron chi connectivity index (χ4n) is 4.06. The molecule has 7 heteroatoms. The first-order valence-corrected chi connectivity index (χ1v) is 11.7. The first-order valence-electron chi connectivity index (χ1n) is 11.7. The highest BCUT2D eigenvalue weighted by molar-refractivity contribution is 5.86. The maximum atomic E-state index is 8.06. The Hall–Kier alpha value is -1.70. The third-order valence-corrected chi connectivity index (χ3v) is 5.62. The average Bonchev–Trinajstić information content (AvgIpc) is 3.24. The molecule has 0 aromatic carbocycles. The van der Waals surface area contributed by atoms with Crippen LogP contribution in [0.15, 0.2) is 18.6 Å². The number of hydrazine groups is 1. The van der Waals surface area contributed by atoms with Crippen molar-refractivity contribution in [1.82, 2.24) is 25.8 Å². The molecule has 2 aliphatic carbocycles. The highest BCUT2D eigenvalue weighted by Crippen LogP contribution is 2.23. The molecular weight excluding hydrogens is 376 g/mol. The monoisotopic (exact) mass is 418 g/mol. The number of hydrogen-bond acceptors (Lipinski definition) is 6. The molecule has 7 nitrogen and oxygen atoms in total. The lowest BCUT2D eigenvalue weighted by atomic mass is 9.89. The van der Waals surface area contributed by atoms with Crippen molar-refractivity contribution in [3.63, 3.8) is 0 Å². The molecule has 5 N–H and O–H groups in total. The number of hydrogen-bond donors (Lipinski definition) is 5. The van der Waals surface area contributed by atoms with Gasteiger partial charge in [0.15, 0.2) is 0 Å². The van der Waals surface area contributed by atoms with Gasteiger partial charge in [-0.15, -0.1) is 0 Å². The van der Waals surface area contributed by atoms with Gasteiger partial charge in [-0.05, 0) is 51.5 Å². The van der Waals surface area contributed by atoms with E-state index >= 15 is 0 Å². The fraction of sp³-hybridized carbons (Fsp3) is 0.739. The van der Waals surface area contributed by atoms with E-state index in [4.69, 9.17) is 5.11 Å². The molecule has 30 heavy (non-hydrogen) atoms. The Kier molecular flexibility index (Phi) is 11.7. The van der Waals surface area contributed by atoms with Crippen LogP contribution in [-0.4, -0.2) is 45.8 Å². The van der Waals surface area contributed by atoms with Gasteiger partial charge in [0, 0.05) is 31.9 Å². The standard InChI is InChI=1S/C13H26N2.C7H8N4.C3H8O/c1-3-7-12(8-4-1)11-14-15-13-9-5-2-6-10-13;1-8-6-5-2-3-9-7(5)11-4-10-6;1-3(2)4/h12-15H,1-11H2;2-4H,1H3,(H2,8,9,10,11);3-4H,1-2H3. The predicted molar refractivity (Wildman–Crippen MR) is 125 cm³/mol. The summed E-state index contributed by atoms with van der Waals surface area (Å²) in [4.78, 5) is 11.1. The number of nitrogens with zero attached hydrogens (tertiary/aromatic N) is 2. The molecule has 0 unspecified atom stereocenters. The molecule has 0 saturated heterocycles. The summed E-state index contributed by atoms with van der Waals surface area (Å²) in [7, 11) is 1.84. The Morgan fingerprint density at radius 1 is 1.03 bits per heavy atom. The van der Waals surface area contributed by atoms with Crippen molar-refractivity contribution in [2.24, 2.45) is 5.92 Å². The van der Waals surface area contributed by atoms with E-state index in [1.54, 1.807) is 13.8 Å². The summed E-state index contributed by atoms with van der Waals surface area (Å²) >= 11 is 0. The van der Waals surface area contributed by atoms with Crippen LogP contribution >= 0.6 is 0 Å². The smallest absolute Gasteiger partial charge is 0.142 e. The van der Waals surface area contributed by atoms with Gasteiger partial charge in [-0.3, -0.25) is 10.9 Å². The number of nitrogens with one attached hydrogen (secondary N) is 4. The summed E-state index contributed by atoms with van der Waals surface area (Å²) in [5.74, 6) is 1.80. The van der Waals surface area contributed by atoms with Crippen molar-refractivity contribution in [2.75, 3.05) is 18.9 Å². The topological polar surface area (TPSA) is 97.9 Å². The van der Waals surface area contributed by atoms with Crippen molar-refractivity contribution in [3.05, 3.63) is 18.6 Å². The molecule has 2 aliphatic rings. The minimum Gasteiger partial charge on any atom is -0.394 e. The molecule has 2 aromatic rings. The van der Waals surface area contributed by atoms with E-state index in [0.717, 1.165) is 28.8 Å². The third kappa shape index (κ3) is 9.41. The van der Waals surface area contributed by atoms with Crippen molar-refractivity contribution in [3.8, 4) is 0 Å². The van der Waals surface area contributed by atoms with Crippen LogP contribution in [-0.2, 0) is 0 Å². The zero-order chi connectivity index (χ0) is 21.6. The van der Waals surface area contributed by atoms with Gasteiger partial charge in [-0.25, -0.2) is 9.97 Å². The second-order valence-corrected chi connectivity index (χ2v) is 8.67. The van der Waals surface area contributed by atoms with Gasteiger partial charge in [0.2, 0.25) is 0 Å². The molecule has 0 radical (unpaired) electrons. The quantitative estimate of drug-likeness (QED) is 0.462. The highest BCUT2D eigenvalue weighted by Gasteiger charge is 2.15. The summed E-state index contributed by atoms with van der Waals surface area (Å²) in [6.45, 7) is 4.64. The van der Waals surface area contributed by atoms with Gasteiger partial charge in [-0.2, -0.15) is 0 Å². The van der Waals surface area contributed by atoms with Gasteiger partial charge >= 0.3 is 0 Å². The summed E-state index contributed by atoms with van der Waals surface area (Å²) in [5.41, 5.74) is 7.86. The molecule has 170 valence electrons. The van der Waals surface area contributed by atoms with Crippen LogP contribution in [0.4, 0.5) is 5.82 Å². The van der Waals surface area contributed by atoms with Crippen LogP contribution < -0.4 is 16.2 Å². The third-order valence-electron chi connectivity index (χ3n) is 5.62. The lowest BCUT2D eigenvalue weighted by molar-refractivity contribution is 0.216. The van der Waals surface area contributed by atoms with Crippen LogP contribution in [0.2, 0.25) is 0 Å². The molecule has 0 atom stereocenters. The maximum absolute atomic E-state index is 8.06. The molecule has 2 heterocycles. The van der Waals surface area contributed by atoms with E-state index in [9.17, 15) is 0 Å². The fourth-order valence-corrected chi connectivity index (χ4v) is 4.06. The number of fused-ring (bicyclic) bond motifs is 1. The second kappa shape index (κ2) is 14.3. The van der Waals surface area contributed by atoms with Crippen LogP contribution in [0.5, 0.6) is 0 Å². The maximum Gasteiger partial charge on any atom is 0.142 e. The van der Waals surface area contributed by atoms with Crippen molar-refractivity contribution < 1.29 is 5.11 Å². The van der Waals surface area contributed by atoms with Crippen LogP contribution in [0.25, 0.3) is 11.0 Å².